The fraction of sp³-hybridized carbons (Fsp3) is 0.562. The molecule has 2 atom stereocenters. The van der Waals surface area contributed by atoms with E-state index in [4.69, 9.17) is 5.73 Å². The van der Waals surface area contributed by atoms with Crippen molar-refractivity contribution in [1.29, 1.82) is 0 Å². The van der Waals surface area contributed by atoms with Crippen LogP contribution < -0.4 is 10.6 Å². The number of hydrogen-bond acceptors (Lipinski definition) is 3. The molecule has 2 fully saturated rings. The van der Waals surface area contributed by atoms with Gasteiger partial charge < -0.3 is 10.6 Å². The number of hydrogen-bond donors (Lipinski definition) is 1. The van der Waals surface area contributed by atoms with Crippen LogP contribution in [0, 0.1) is 17.0 Å². The molecular formula is C16H21F2N3O. The first kappa shape index (κ1) is 15.4. The Morgan fingerprint density at radius 3 is 2.59 bits per heavy atom. The highest BCUT2D eigenvalue weighted by Gasteiger charge is 2.43. The lowest BCUT2D eigenvalue weighted by Crippen LogP contribution is -2.42. The molecule has 0 aliphatic carbocycles. The zero-order valence-electron chi connectivity index (χ0n) is 12.7. The van der Waals surface area contributed by atoms with Gasteiger partial charge in [0.2, 0.25) is 5.91 Å². The van der Waals surface area contributed by atoms with E-state index >= 15 is 0 Å². The van der Waals surface area contributed by atoms with E-state index in [1.165, 1.54) is 23.1 Å². The fourth-order valence-electron chi connectivity index (χ4n) is 3.47. The molecule has 2 heterocycles. The van der Waals surface area contributed by atoms with Gasteiger partial charge in [0.15, 0.2) is 0 Å². The molecule has 0 saturated carbocycles. The highest BCUT2D eigenvalue weighted by Crippen LogP contribution is 2.34. The molecule has 0 spiro atoms. The van der Waals surface area contributed by atoms with Gasteiger partial charge >= 0.3 is 0 Å². The summed E-state index contributed by atoms with van der Waals surface area (Å²) in [6, 6.07) is 3.37. The monoisotopic (exact) mass is 309 g/mol. The van der Waals surface area contributed by atoms with Crippen molar-refractivity contribution in [1.82, 2.24) is 4.90 Å². The summed E-state index contributed by atoms with van der Waals surface area (Å²) in [6.07, 6.45) is 1.54. The first-order chi connectivity index (χ1) is 10.4. The largest absolute Gasteiger partial charge is 0.330 e. The molecule has 1 amide bonds. The number of carbonyl (C=O) groups is 1. The van der Waals surface area contributed by atoms with E-state index in [1.54, 1.807) is 0 Å². The van der Waals surface area contributed by atoms with Crippen molar-refractivity contribution in [3.05, 3.63) is 29.8 Å². The van der Waals surface area contributed by atoms with Crippen LogP contribution in [0.2, 0.25) is 0 Å². The standard InChI is InChI=1S/C16H21F2N3O/c1-16(9-19)6-8-20(10-16)13-5-7-21(15(13)22)14-11(17)3-2-4-12(14)18/h2-4,13H,5-10,19H2,1H3. The number of nitrogens with zero attached hydrogens (tertiary/aromatic N) is 2. The van der Waals surface area contributed by atoms with E-state index in [2.05, 4.69) is 11.8 Å². The summed E-state index contributed by atoms with van der Waals surface area (Å²) in [5, 5.41) is 0. The molecule has 0 radical (unpaired) electrons. The van der Waals surface area contributed by atoms with Crippen molar-refractivity contribution in [2.45, 2.75) is 25.8 Å². The topological polar surface area (TPSA) is 49.6 Å². The van der Waals surface area contributed by atoms with Crippen LogP contribution in [0.25, 0.3) is 0 Å². The first-order valence-corrected chi connectivity index (χ1v) is 7.65. The average Bonchev–Trinajstić information content (AvgIpc) is 3.04. The van der Waals surface area contributed by atoms with Crippen LogP contribution in [0.3, 0.4) is 0 Å². The van der Waals surface area contributed by atoms with Crippen molar-refractivity contribution >= 4 is 11.6 Å². The van der Waals surface area contributed by atoms with Crippen LogP contribution in [-0.2, 0) is 4.79 Å². The Kier molecular flexibility index (Phi) is 3.91. The number of nitrogens with two attached hydrogens (primary N) is 1. The summed E-state index contributed by atoms with van der Waals surface area (Å²) in [5.74, 6) is -1.60. The van der Waals surface area contributed by atoms with Gasteiger partial charge in [0, 0.05) is 13.1 Å². The summed E-state index contributed by atoms with van der Waals surface area (Å²) in [5.41, 5.74) is 5.60. The highest BCUT2D eigenvalue weighted by atomic mass is 19.1. The molecule has 22 heavy (non-hydrogen) atoms. The van der Waals surface area contributed by atoms with Crippen molar-refractivity contribution in [3.63, 3.8) is 0 Å². The Bertz CT molecular complexity index is 575. The molecule has 2 unspecified atom stereocenters. The highest BCUT2D eigenvalue weighted by molar-refractivity contribution is 5.99. The van der Waals surface area contributed by atoms with Gasteiger partial charge in [-0.3, -0.25) is 9.69 Å². The van der Waals surface area contributed by atoms with Gasteiger partial charge in [0.25, 0.3) is 0 Å². The Morgan fingerprint density at radius 2 is 2.00 bits per heavy atom. The molecule has 2 saturated heterocycles. The van der Waals surface area contributed by atoms with Crippen LogP contribution in [0.15, 0.2) is 18.2 Å². The lowest BCUT2D eigenvalue weighted by molar-refractivity contribution is -0.121. The molecule has 6 heteroatoms. The van der Waals surface area contributed by atoms with Crippen LogP contribution in [0.4, 0.5) is 14.5 Å². The van der Waals surface area contributed by atoms with Gasteiger partial charge in [-0.05, 0) is 43.5 Å². The molecule has 2 N–H and O–H groups in total. The normalized spacial score (nSPS) is 29.5. The fourth-order valence-corrected chi connectivity index (χ4v) is 3.47. The Balaban J connectivity index is 1.79. The van der Waals surface area contributed by atoms with Crippen LogP contribution in [0.1, 0.15) is 19.8 Å². The summed E-state index contributed by atoms with van der Waals surface area (Å²) < 4.78 is 27.8. The zero-order valence-corrected chi connectivity index (χ0v) is 12.7. The second-order valence-electron chi connectivity index (χ2n) is 6.60. The number of halogens is 2. The molecule has 4 nitrogen and oxygen atoms in total. The molecular weight excluding hydrogens is 288 g/mol. The molecule has 2 aliphatic rings. The smallest absolute Gasteiger partial charge is 0.244 e. The molecule has 0 aromatic heterocycles. The van der Waals surface area contributed by atoms with Crippen LogP contribution in [-0.4, -0.2) is 43.0 Å². The van der Waals surface area contributed by atoms with Crippen molar-refractivity contribution in [2.24, 2.45) is 11.1 Å². The van der Waals surface area contributed by atoms with Gasteiger partial charge in [0.05, 0.1) is 6.04 Å². The molecule has 2 aliphatic heterocycles. The summed E-state index contributed by atoms with van der Waals surface area (Å²) in [4.78, 5) is 16.0. The van der Waals surface area contributed by atoms with E-state index < -0.39 is 11.6 Å². The lowest BCUT2D eigenvalue weighted by Gasteiger charge is -2.26. The van der Waals surface area contributed by atoms with Crippen molar-refractivity contribution in [2.75, 3.05) is 31.1 Å². The summed E-state index contributed by atoms with van der Waals surface area (Å²) in [6.45, 7) is 4.60. The van der Waals surface area contributed by atoms with E-state index in [0.717, 1.165) is 19.5 Å². The quantitative estimate of drug-likeness (QED) is 0.925. The van der Waals surface area contributed by atoms with Gasteiger partial charge in [0.1, 0.15) is 17.3 Å². The molecule has 120 valence electrons. The summed E-state index contributed by atoms with van der Waals surface area (Å²) >= 11 is 0. The van der Waals surface area contributed by atoms with Gasteiger partial charge in [-0.15, -0.1) is 0 Å². The first-order valence-electron chi connectivity index (χ1n) is 7.65. The van der Waals surface area contributed by atoms with Gasteiger partial charge in [-0.25, -0.2) is 8.78 Å². The van der Waals surface area contributed by atoms with E-state index in [-0.39, 0.29) is 23.1 Å². The Labute approximate surface area is 128 Å². The number of anilines is 1. The minimum atomic E-state index is -0.692. The van der Waals surface area contributed by atoms with E-state index in [1.807, 2.05) is 0 Å². The second-order valence-corrected chi connectivity index (χ2v) is 6.60. The van der Waals surface area contributed by atoms with Crippen LogP contribution in [0.5, 0.6) is 0 Å². The Morgan fingerprint density at radius 1 is 1.32 bits per heavy atom. The SMILES string of the molecule is CC1(CN)CCN(C2CCN(c3c(F)cccc3F)C2=O)C1. The minimum absolute atomic E-state index is 0.0247. The third-order valence-corrected chi connectivity index (χ3v) is 4.91. The molecule has 1 aromatic rings. The Hall–Kier alpha value is -1.53. The summed E-state index contributed by atoms with van der Waals surface area (Å²) in [7, 11) is 0. The second kappa shape index (κ2) is 5.59. The minimum Gasteiger partial charge on any atom is -0.330 e. The van der Waals surface area contributed by atoms with Crippen molar-refractivity contribution in [3.8, 4) is 0 Å². The number of carbonyl (C=O) groups excluding carboxylic acids is 1. The maximum Gasteiger partial charge on any atom is 0.244 e. The third kappa shape index (κ3) is 2.50. The van der Waals surface area contributed by atoms with Gasteiger partial charge in [-0.2, -0.15) is 0 Å². The number of rotatable bonds is 3. The van der Waals surface area contributed by atoms with Crippen LogP contribution >= 0.6 is 0 Å². The van der Waals surface area contributed by atoms with E-state index in [9.17, 15) is 13.6 Å². The number of amides is 1. The predicted molar refractivity (Wildman–Crippen MR) is 80.5 cm³/mol. The van der Waals surface area contributed by atoms with Gasteiger partial charge in [-0.1, -0.05) is 13.0 Å². The molecule has 0 bridgehead atoms. The zero-order chi connectivity index (χ0) is 15.9. The maximum absolute atomic E-state index is 13.9. The lowest BCUT2D eigenvalue weighted by atomic mass is 9.90. The maximum atomic E-state index is 13.9. The third-order valence-electron chi connectivity index (χ3n) is 4.91. The average molecular weight is 309 g/mol. The molecule has 1 aromatic carbocycles. The number of benzene rings is 1. The van der Waals surface area contributed by atoms with Crippen molar-refractivity contribution < 1.29 is 13.6 Å². The number of likely N-dealkylation sites (tertiary alicyclic amines) is 1. The van der Waals surface area contributed by atoms with E-state index in [0.29, 0.717) is 19.5 Å². The molecule has 3 rings (SSSR count). The number of para-hydroxylation sites is 1. The predicted octanol–water partition coefficient (Wildman–Crippen LogP) is 1.74.